The lowest BCUT2D eigenvalue weighted by atomic mass is 9.98. The van der Waals surface area contributed by atoms with Crippen molar-refractivity contribution in [2.24, 2.45) is 5.92 Å². The Balaban J connectivity index is 0.713. The van der Waals surface area contributed by atoms with Gasteiger partial charge in [-0.15, -0.1) is 0 Å². The van der Waals surface area contributed by atoms with Crippen molar-refractivity contribution in [3.63, 3.8) is 0 Å². The van der Waals surface area contributed by atoms with Gasteiger partial charge >= 0.3 is 12.2 Å². The summed E-state index contributed by atoms with van der Waals surface area (Å²) in [6.07, 6.45) is -0.628. The van der Waals surface area contributed by atoms with Crippen molar-refractivity contribution in [2.75, 3.05) is 336 Å². The van der Waals surface area contributed by atoms with Crippen LogP contribution >= 0.6 is 0 Å². The first-order valence-corrected chi connectivity index (χ1v) is 44.4. The fourth-order valence-corrected chi connectivity index (χ4v) is 11.7. The van der Waals surface area contributed by atoms with E-state index < -0.39 is 47.0 Å². The molecule has 5 rings (SSSR count). The number of carbonyl (C=O) groups excluding carboxylic acids is 5. The van der Waals surface area contributed by atoms with E-state index in [0.29, 0.717) is 328 Å². The van der Waals surface area contributed by atoms with Crippen molar-refractivity contribution in [3.8, 4) is 16.9 Å². The second kappa shape index (κ2) is 78.9. The molecule has 730 valence electrons. The zero-order valence-corrected chi connectivity index (χ0v) is 75.6. The molecule has 0 unspecified atom stereocenters. The monoisotopic (exact) mass is 1840 g/mol. The molecule has 4 aromatic rings. The Morgan fingerprint density at radius 3 is 1.02 bits per heavy atom. The lowest BCUT2D eigenvalue weighted by molar-refractivity contribution is -0.384. The van der Waals surface area contributed by atoms with Crippen LogP contribution in [0.1, 0.15) is 62.1 Å². The van der Waals surface area contributed by atoms with Crippen LogP contribution in [0.4, 0.5) is 21.0 Å². The molecular formula is C90H141N5O34. The summed E-state index contributed by atoms with van der Waals surface area (Å²) in [6.45, 7) is 25.0. The largest absolute Gasteiger partial charge is 0.514 e. The highest BCUT2D eigenvalue weighted by Crippen LogP contribution is 2.44. The van der Waals surface area contributed by atoms with E-state index in [4.69, 9.17) is 128 Å². The highest BCUT2D eigenvalue weighted by Gasteiger charge is 2.32. The minimum Gasteiger partial charge on any atom is -0.449 e. The van der Waals surface area contributed by atoms with E-state index in [1.165, 1.54) is 24.3 Å². The smallest absolute Gasteiger partial charge is 0.449 e. The Labute approximate surface area is 757 Å². The standard InChI is InChI=1S/C90H141N5O34/c1-74(2)86(94-89(99)127-73-83-81-12-6-4-10-79(81)80-11-5-7-13-82(80)83)88(98)93-84(87(97)92-76-17-15-75(16-18-76)72-128-90(100)129-78-21-19-77(20-22-78)95(101)102)14-8-9-24-91-85(96)23-25-104-28-29-106-32-33-108-36-37-110-40-41-112-44-45-114-48-49-116-52-53-118-56-57-120-60-61-122-64-65-124-68-69-126-71-70-125-67-66-123-63-62-121-59-58-119-55-54-117-51-50-115-47-46-113-43-42-111-39-38-109-35-34-107-31-30-105-27-26-103-3/h4-7,10-13,15-22,74,83-84,86H,8-9,14,23-73H2,1-3H3,(H,91,96)(H,92,97)(H,93,98)(H,94,99)/t84-,86-/m0/s1. The van der Waals surface area contributed by atoms with E-state index in [2.05, 4.69) is 21.3 Å². The van der Waals surface area contributed by atoms with Crippen LogP contribution in [-0.4, -0.2) is 378 Å². The lowest BCUT2D eigenvalue weighted by Gasteiger charge is -2.25. The fourth-order valence-electron chi connectivity index (χ4n) is 11.7. The first-order valence-electron chi connectivity index (χ1n) is 44.4. The van der Waals surface area contributed by atoms with Crippen LogP contribution in [0.25, 0.3) is 11.1 Å². The Morgan fingerprint density at radius 1 is 0.372 bits per heavy atom. The zero-order valence-electron chi connectivity index (χ0n) is 75.6. The first kappa shape index (κ1) is 112. The number of rotatable bonds is 89. The van der Waals surface area contributed by atoms with Gasteiger partial charge < -0.3 is 149 Å². The molecule has 0 aromatic heterocycles. The predicted octanol–water partition coefficient (Wildman–Crippen LogP) is 7.00. The number of nitrogens with zero attached hydrogens (tertiary/aromatic N) is 1. The van der Waals surface area contributed by atoms with Crippen LogP contribution in [0, 0.1) is 16.0 Å². The van der Waals surface area contributed by atoms with Gasteiger partial charge in [-0.25, -0.2) is 9.59 Å². The van der Waals surface area contributed by atoms with Crippen LogP contribution < -0.4 is 26.0 Å². The summed E-state index contributed by atoms with van der Waals surface area (Å²) in [4.78, 5) is 76.9. The molecule has 0 heterocycles. The Bertz CT molecular complexity index is 3390. The van der Waals surface area contributed by atoms with Gasteiger partial charge in [0.05, 0.1) is 315 Å². The number of alkyl carbamates (subject to hydrolysis) is 1. The molecule has 4 N–H and O–H groups in total. The SMILES string of the molecule is COCCOCCOCCOCCOCCOCCOCCOCCOCCOCCOCCOCCOCCOCCOCCOCCOCCOCCOCCOCCOCCOCCOCCOCCC(=O)NCCCC[C@H](NC(=O)[C@@H](NC(=O)OCC1c2ccccc2-c2ccccc21)C(C)C)C(=O)Nc1ccc(COC(=O)Oc2ccc([N+](=O)[O-])cc2)cc1. The van der Waals surface area contributed by atoms with Crippen molar-refractivity contribution in [1.82, 2.24) is 16.0 Å². The van der Waals surface area contributed by atoms with Gasteiger partial charge in [-0.2, -0.15) is 0 Å². The van der Waals surface area contributed by atoms with E-state index in [-0.39, 0.29) is 62.5 Å². The summed E-state index contributed by atoms with van der Waals surface area (Å²) >= 11 is 0. The van der Waals surface area contributed by atoms with Gasteiger partial charge in [0.2, 0.25) is 17.7 Å². The van der Waals surface area contributed by atoms with Crippen LogP contribution in [0.5, 0.6) is 5.75 Å². The number of fused-ring (bicyclic) bond motifs is 3. The van der Waals surface area contributed by atoms with Gasteiger partial charge in [0.1, 0.15) is 31.0 Å². The summed E-state index contributed by atoms with van der Waals surface area (Å²) in [5.41, 5.74) is 4.98. The molecule has 0 saturated heterocycles. The van der Waals surface area contributed by atoms with Crippen molar-refractivity contribution in [1.29, 1.82) is 0 Å². The molecule has 0 radical (unpaired) electrons. The van der Waals surface area contributed by atoms with Crippen molar-refractivity contribution < 1.29 is 157 Å². The number of methoxy groups -OCH3 is 1. The molecule has 4 amide bonds. The van der Waals surface area contributed by atoms with E-state index in [1.807, 2.05) is 48.5 Å². The number of nitrogens with one attached hydrogen (secondary N) is 4. The molecule has 0 aliphatic heterocycles. The second-order valence-electron chi connectivity index (χ2n) is 28.5. The minimum atomic E-state index is -1.07. The van der Waals surface area contributed by atoms with Crippen LogP contribution in [-0.2, 0) is 144 Å². The van der Waals surface area contributed by atoms with Gasteiger partial charge in [-0.1, -0.05) is 74.5 Å². The maximum absolute atomic E-state index is 14.1. The van der Waals surface area contributed by atoms with Gasteiger partial charge in [0, 0.05) is 43.8 Å². The minimum absolute atomic E-state index is 0.0391. The number of amides is 4. The molecule has 2 atom stereocenters. The highest BCUT2D eigenvalue weighted by atomic mass is 16.7. The Hall–Kier alpha value is -7.73. The molecule has 39 heteroatoms. The average Bonchev–Trinajstić information content (AvgIpc) is 1.62. The molecule has 1 aliphatic carbocycles. The number of unbranched alkanes of at least 4 members (excludes halogenated alkanes) is 1. The topological polar surface area (TPSA) is 426 Å². The normalized spacial score (nSPS) is 12.3. The second-order valence-corrected chi connectivity index (χ2v) is 28.5. The quantitative estimate of drug-likeness (QED) is 0.0114. The van der Waals surface area contributed by atoms with Crippen LogP contribution in [0.15, 0.2) is 97.1 Å². The van der Waals surface area contributed by atoms with Gasteiger partial charge in [0.25, 0.3) is 5.69 Å². The number of carbonyl (C=O) groups is 5. The molecule has 129 heavy (non-hydrogen) atoms. The molecule has 0 saturated carbocycles. The summed E-state index contributed by atoms with van der Waals surface area (Å²) < 4.78 is 148. The molecule has 1 aliphatic rings. The summed E-state index contributed by atoms with van der Waals surface area (Å²) in [6, 6.07) is 25.1. The maximum atomic E-state index is 14.1. The van der Waals surface area contributed by atoms with Crippen molar-refractivity contribution in [3.05, 3.63) is 124 Å². The van der Waals surface area contributed by atoms with Crippen LogP contribution in [0.3, 0.4) is 0 Å². The number of benzene rings is 4. The van der Waals surface area contributed by atoms with E-state index in [0.717, 1.165) is 22.3 Å². The number of hydrogen-bond acceptors (Lipinski definition) is 34. The summed E-state index contributed by atoms with van der Waals surface area (Å²) in [5, 5.41) is 22.2. The molecule has 4 aromatic carbocycles. The van der Waals surface area contributed by atoms with Crippen molar-refractivity contribution in [2.45, 2.75) is 64.1 Å². The number of non-ortho nitro benzene ring substituents is 1. The maximum Gasteiger partial charge on any atom is 0.514 e. The van der Waals surface area contributed by atoms with Crippen LogP contribution in [0.2, 0.25) is 0 Å². The Kier molecular flexibility index (Phi) is 68.4. The number of anilines is 1. The third-order valence-corrected chi connectivity index (χ3v) is 18.4. The highest BCUT2D eigenvalue weighted by molar-refractivity contribution is 5.98. The third kappa shape index (κ3) is 58.7. The van der Waals surface area contributed by atoms with Gasteiger partial charge in [-0.05, 0) is 77.3 Å². The number of ether oxygens (including phenoxy) is 27. The Morgan fingerprint density at radius 2 is 0.698 bits per heavy atom. The molecule has 0 bridgehead atoms. The number of nitro groups is 1. The first-order chi connectivity index (χ1) is 63.4. The zero-order chi connectivity index (χ0) is 91.8. The molecule has 39 nitrogen and oxygen atoms in total. The summed E-state index contributed by atoms with van der Waals surface area (Å²) in [5.74, 6) is -1.90. The third-order valence-electron chi connectivity index (χ3n) is 18.4. The number of hydrogen-bond donors (Lipinski definition) is 4. The molecular weight excluding hydrogens is 1690 g/mol. The molecule has 0 spiro atoms. The molecule has 0 fully saturated rings. The number of nitro benzene ring substituents is 1. The lowest BCUT2D eigenvalue weighted by Crippen LogP contribution is -2.54. The van der Waals surface area contributed by atoms with E-state index >= 15 is 0 Å². The van der Waals surface area contributed by atoms with E-state index in [1.54, 1.807) is 45.2 Å². The average molecular weight is 1840 g/mol. The summed E-state index contributed by atoms with van der Waals surface area (Å²) in [7, 11) is 1.64. The van der Waals surface area contributed by atoms with Gasteiger partial charge in [-0.3, -0.25) is 24.5 Å². The predicted molar refractivity (Wildman–Crippen MR) is 470 cm³/mol. The van der Waals surface area contributed by atoms with Gasteiger partial charge in [0.15, 0.2) is 0 Å². The fraction of sp³-hybridized carbons (Fsp3) is 0.678. The van der Waals surface area contributed by atoms with Crippen molar-refractivity contribution >= 4 is 41.3 Å². The van der Waals surface area contributed by atoms with E-state index in [9.17, 15) is 34.1 Å².